The molecule has 0 spiro atoms. The van der Waals surface area contributed by atoms with Gasteiger partial charge in [-0.3, -0.25) is 14.5 Å². The molecule has 1 aromatic heterocycles. The number of fused-ring (bicyclic) bond motifs is 1. The standard InChI is InChI=1S/C34H36F2N2O4/c1-33(41)14-12-25(13-15-33)38-20-34(21-38,18-26(39)10-8-23-7-6-22-4-2-3-5-27(22)23)19-31(40)30-17-32(42-37-30)28-11-9-24(35)16-29(28)36/h2-5,7,9,11,16-17,25,41H,6,8,10,12-15,18-21H2,1H3. The summed E-state index contributed by atoms with van der Waals surface area (Å²) in [5.74, 6) is -1.58. The largest absolute Gasteiger partial charge is 0.390 e. The van der Waals surface area contributed by atoms with Gasteiger partial charge in [0.05, 0.1) is 11.2 Å². The molecule has 1 aliphatic heterocycles. The Morgan fingerprint density at radius 2 is 1.81 bits per heavy atom. The van der Waals surface area contributed by atoms with Crippen LogP contribution in [0.3, 0.4) is 0 Å². The molecule has 3 aromatic rings. The minimum absolute atomic E-state index is 0.0265. The van der Waals surface area contributed by atoms with E-state index in [2.05, 4.69) is 28.3 Å². The number of carbonyl (C=O) groups excluding carboxylic acids is 2. The van der Waals surface area contributed by atoms with E-state index < -0.39 is 22.7 Å². The number of halogens is 2. The molecule has 6 nitrogen and oxygen atoms in total. The Bertz CT molecular complexity index is 1530. The van der Waals surface area contributed by atoms with Crippen molar-refractivity contribution in [3.8, 4) is 11.3 Å². The molecule has 2 fully saturated rings. The van der Waals surface area contributed by atoms with Gasteiger partial charge in [-0.1, -0.05) is 35.5 Å². The highest BCUT2D eigenvalue weighted by Crippen LogP contribution is 2.44. The third kappa shape index (κ3) is 6.01. The highest BCUT2D eigenvalue weighted by Gasteiger charge is 2.49. The van der Waals surface area contributed by atoms with Crippen LogP contribution in [0.1, 0.15) is 79.9 Å². The lowest BCUT2D eigenvalue weighted by atomic mass is 9.69. The Morgan fingerprint density at radius 1 is 1.05 bits per heavy atom. The molecule has 1 N–H and O–H groups in total. The van der Waals surface area contributed by atoms with E-state index in [1.54, 1.807) is 0 Å². The van der Waals surface area contributed by atoms with Crippen LogP contribution in [0, 0.1) is 17.0 Å². The normalized spacial score (nSPS) is 23.2. The lowest BCUT2D eigenvalue weighted by Crippen LogP contribution is -2.62. The summed E-state index contributed by atoms with van der Waals surface area (Å²) in [6.45, 7) is 3.13. The SMILES string of the molecule is CC1(O)CCC(N2CC(CC(=O)CCC3=CCc4ccccc43)(CC(=O)c3cc(-c4ccc(F)cc4F)on3)C2)CC1. The van der Waals surface area contributed by atoms with Crippen molar-refractivity contribution in [2.24, 2.45) is 5.41 Å². The third-order valence-corrected chi connectivity index (χ3v) is 9.33. The summed E-state index contributed by atoms with van der Waals surface area (Å²) < 4.78 is 32.9. The van der Waals surface area contributed by atoms with Crippen molar-refractivity contribution in [3.05, 3.63) is 83.1 Å². The molecule has 2 aromatic carbocycles. The van der Waals surface area contributed by atoms with Crippen LogP contribution in [-0.4, -0.2) is 51.5 Å². The van der Waals surface area contributed by atoms with E-state index >= 15 is 0 Å². The molecule has 6 rings (SSSR count). The minimum Gasteiger partial charge on any atom is -0.390 e. The number of carbonyl (C=O) groups is 2. The molecular weight excluding hydrogens is 538 g/mol. The maximum Gasteiger partial charge on any atom is 0.185 e. The number of nitrogens with zero attached hydrogens (tertiary/aromatic N) is 2. The molecule has 0 unspecified atom stereocenters. The fourth-order valence-corrected chi connectivity index (χ4v) is 6.98. The summed E-state index contributed by atoms with van der Waals surface area (Å²) in [6.07, 6.45) is 7.85. The number of likely N-dealkylation sites (tertiary alicyclic amines) is 1. The molecule has 2 heterocycles. The summed E-state index contributed by atoms with van der Waals surface area (Å²) in [6, 6.07) is 13.1. The van der Waals surface area contributed by atoms with E-state index in [-0.39, 0.29) is 35.0 Å². The molecule has 220 valence electrons. The topological polar surface area (TPSA) is 83.6 Å². The lowest BCUT2D eigenvalue weighted by molar-refractivity contribution is -0.127. The zero-order valence-electron chi connectivity index (χ0n) is 23.9. The van der Waals surface area contributed by atoms with Gasteiger partial charge in [0.25, 0.3) is 0 Å². The predicted octanol–water partition coefficient (Wildman–Crippen LogP) is 6.57. The monoisotopic (exact) mass is 574 g/mol. The Kier molecular flexibility index (Phi) is 7.70. The molecule has 1 saturated heterocycles. The first kappa shape index (κ1) is 28.6. The van der Waals surface area contributed by atoms with Crippen LogP contribution in [0.25, 0.3) is 16.9 Å². The minimum atomic E-state index is -0.798. The van der Waals surface area contributed by atoms with Crippen LogP contribution in [0.5, 0.6) is 0 Å². The fraction of sp³-hybridized carbons (Fsp3) is 0.441. The van der Waals surface area contributed by atoms with E-state index in [1.807, 2.05) is 19.1 Å². The Hall–Kier alpha value is -3.49. The molecule has 0 atom stereocenters. The number of aromatic nitrogens is 1. The summed E-state index contributed by atoms with van der Waals surface area (Å²) >= 11 is 0. The lowest BCUT2D eigenvalue weighted by Gasteiger charge is -2.54. The van der Waals surface area contributed by atoms with Crippen LogP contribution >= 0.6 is 0 Å². The van der Waals surface area contributed by atoms with Crippen molar-refractivity contribution < 1.29 is 28.0 Å². The number of hydrogen-bond acceptors (Lipinski definition) is 6. The number of rotatable bonds is 10. The van der Waals surface area contributed by atoms with Crippen molar-refractivity contribution in [2.75, 3.05) is 13.1 Å². The second-order valence-electron chi connectivity index (χ2n) is 12.7. The van der Waals surface area contributed by atoms with Gasteiger partial charge in [0, 0.05) is 55.9 Å². The van der Waals surface area contributed by atoms with E-state index in [1.165, 1.54) is 28.8 Å². The molecule has 3 aliphatic rings. The molecule has 2 aliphatic carbocycles. The van der Waals surface area contributed by atoms with Gasteiger partial charge in [0.15, 0.2) is 11.5 Å². The van der Waals surface area contributed by atoms with Crippen molar-refractivity contribution in [3.63, 3.8) is 0 Å². The van der Waals surface area contributed by atoms with Gasteiger partial charge < -0.3 is 9.63 Å². The van der Waals surface area contributed by atoms with Gasteiger partial charge in [-0.25, -0.2) is 8.78 Å². The molecule has 0 amide bonds. The van der Waals surface area contributed by atoms with Gasteiger partial charge in [0.1, 0.15) is 23.1 Å². The molecule has 42 heavy (non-hydrogen) atoms. The summed E-state index contributed by atoms with van der Waals surface area (Å²) in [4.78, 5) is 29.1. The average molecular weight is 575 g/mol. The predicted molar refractivity (Wildman–Crippen MR) is 155 cm³/mol. The van der Waals surface area contributed by atoms with Crippen LogP contribution in [-0.2, 0) is 11.2 Å². The van der Waals surface area contributed by atoms with Crippen LogP contribution in [0.4, 0.5) is 8.78 Å². The quantitative estimate of drug-likeness (QED) is 0.276. The molecular formula is C34H36F2N2O4. The molecule has 0 bridgehead atoms. The van der Waals surface area contributed by atoms with E-state index in [4.69, 9.17) is 4.52 Å². The van der Waals surface area contributed by atoms with Gasteiger partial charge in [-0.15, -0.1) is 0 Å². The van der Waals surface area contributed by atoms with Crippen LogP contribution in [0.15, 0.2) is 59.1 Å². The van der Waals surface area contributed by atoms with Gasteiger partial charge in [-0.05, 0) is 74.3 Å². The van der Waals surface area contributed by atoms with Crippen molar-refractivity contribution in [1.82, 2.24) is 10.1 Å². The zero-order chi connectivity index (χ0) is 29.5. The maximum atomic E-state index is 14.3. The van der Waals surface area contributed by atoms with Gasteiger partial charge in [0.2, 0.25) is 0 Å². The smallest absolute Gasteiger partial charge is 0.185 e. The molecule has 8 heteroatoms. The highest BCUT2D eigenvalue weighted by atomic mass is 19.1. The molecule has 1 saturated carbocycles. The van der Waals surface area contributed by atoms with E-state index in [9.17, 15) is 23.5 Å². The summed E-state index contributed by atoms with van der Waals surface area (Å²) in [7, 11) is 0. The fourth-order valence-electron chi connectivity index (χ4n) is 6.98. The average Bonchev–Trinajstić information content (AvgIpc) is 3.58. The van der Waals surface area contributed by atoms with Crippen molar-refractivity contribution >= 4 is 17.1 Å². The second kappa shape index (κ2) is 11.3. The first-order chi connectivity index (χ1) is 20.1. The Morgan fingerprint density at radius 3 is 2.57 bits per heavy atom. The second-order valence-corrected chi connectivity index (χ2v) is 12.7. The van der Waals surface area contributed by atoms with E-state index in [0.29, 0.717) is 38.4 Å². The number of benzene rings is 2. The first-order valence-electron chi connectivity index (χ1n) is 14.8. The van der Waals surface area contributed by atoms with Gasteiger partial charge >= 0.3 is 0 Å². The van der Waals surface area contributed by atoms with Crippen molar-refractivity contribution in [1.29, 1.82) is 0 Å². The third-order valence-electron chi connectivity index (χ3n) is 9.33. The van der Waals surface area contributed by atoms with Gasteiger partial charge in [-0.2, -0.15) is 0 Å². The Balaban J connectivity index is 1.14. The van der Waals surface area contributed by atoms with Crippen LogP contribution in [0.2, 0.25) is 0 Å². The number of ketones is 2. The summed E-state index contributed by atoms with van der Waals surface area (Å²) in [5, 5.41) is 14.3. The highest BCUT2D eigenvalue weighted by molar-refractivity contribution is 5.96. The van der Waals surface area contributed by atoms with Crippen LogP contribution < -0.4 is 0 Å². The zero-order valence-corrected chi connectivity index (χ0v) is 23.9. The first-order valence-corrected chi connectivity index (χ1v) is 14.8. The number of allylic oxidation sites excluding steroid dienone is 2. The summed E-state index contributed by atoms with van der Waals surface area (Å²) in [5.41, 5.74) is 2.66. The maximum absolute atomic E-state index is 14.3. The van der Waals surface area contributed by atoms with E-state index in [0.717, 1.165) is 44.2 Å². The molecule has 0 radical (unpaired) electrons. The van der Waals surface area contributed by atoms with Crippen molar-refractivity contribution in [2.45, 2.75) is 76.4 Å². The number of hydrogen-bond donors (Lipinski definition) is 1. The number of aliphatic hydroxyl groups is 1. The number of Topliss-reactive ketones (excluding diaryl/α,β-unsaturated/α-hetero) is 2. The Labute approximate surface area is 244 Å².